The first-order chi connectivity index (χ1) is 11.8. The molecule has 0 amide bonds. The zero-order valence-corrected chi connectivity index (χ0v) is 13.5. The van der Waals surface area contributed by atoms with Crippen LogP contribution in [0.5, 0.6) is 0 Å². The minimum Gasteiger partial charge on any atom is -0.388 e. The van der Waals surface area contributed by atoms with E-state index in [-0.39, 0.29) is 0 Å². The second-order valence-electron chi connectivity index (χ2n) is 6.44. The van der Waals surface area contributed by atoms with Crippen LogP contribution in [0.25, 0.3) is 5.65 Å². The molecule has 124 valence electrons. The Bertz CT molecular complexity index is 795. The Morgan fingerprint density at radius 2 is 2.12 bits per heavy atom. The lowest BCUT2D eigenvalue weighted by molar-refractivity contribution is 0.0565. The summed E-state index contributed by atoms with van der Waals surface area (Å²) >= 11 is 0. The molecule has 3 aromatic rings. The van der Waals surface area contributed by atoms with Gasteiger partial charge in [0.25, 0.3) is 0 Å². The minimum absolute atomic E-state index is 0.310. The summed E-state index contributed by atoms with van der Waals surface area (Å²) in [6.45, 7) is 2.92. The van der Waals surface area contributed by atoms with E-state index in [1.54, 1.807) is 23.2 Å². The molecular formula is C18H21N5O. The summed E-state index contributed by atoms with van der Waals surface area (Å²) in [4.78, 5) is 10.8. The molecule has 1 atom stereocenters. The van der Waals surface area contributed by atoms with Crippen LogP contribution < -0.4 is 0 Å². The monoisotopic (exact) mass is 323 g/mol. The summed E-state index contributed by atoms with van der Waals surface area (Å²) in [6.07, 6.45) is 8.64. The average molecular weight is 323 g/mol. The molecule has 0 aliphatic carbocycles. The van der Waals surface area contributed by atoms with E-state index in [1.165, 1.54) is 5.56 Å². The number of hydrogen-bond acceptors (Lipinski definition) is 5. The van der Waals surface area contributed by atoms with E-state index in [2.05, 4.69) is 32.1 Å². The van der Waals surface area contributed by atoms with Gasteiger partial charge in [0.1, 0.15) is 6.33 Å². The SMILES string of the molecule is OC(c1cccnc1)C1CCN(Cc2ccn3ncnc3c2)CC1. The second-order valence-corrected chi connectivity index (χ2v) is 6.44. The molecule has 1 aliphatic rings. The first kappa shape index (κ1) is 15.2. The molecule has 6 heteroatoms. The van der Waals surface area contributed by atoms with Crippen LogP contribution in [0.1, 0.15) is 30.1 Å². The molecule has 1 N–H and O–H groups in total. The Labute approximate surface area is 140 Å². The molecule has 6 nitrogen and oxygen atoms in total. The lowest BCUT2D eigenvalue weighted by Gasteiger charge is -2.34. The fourth-order valence-electron chi connectivity index (χ4n) is 3.46. The van der Waals surface area contributed by atoms with Crippen LogP contribution in [0.4, 0.5) is 0 Å². The fourth-order valence-corrected chi connectivity index (χ4v) is 3.46. The van der Waals surface area contributed by atoms with Crippen LogP contribution in [0.2, 0.25) is 0 Å². The van der Waals surface area contributed by atoms with E-state index in [9.17, 15) is 5.11 Å². The maximum Gasteiger partial charge on any atom is 0.155 e. The van der Waals surface area contributed by atoms with Crippen LogP contribution >= 0.6 is 0 Å². The van der Waals surface area contributed by atoms with Crippen molar-refractivity contribution < 1.29 is 5.11 Å². The lowest BCUT2D eigenvalue weighted by atomic mass is 9.88. The molecule has 0 aromatic carbocycles. The van der Waals surface area contributed by atoms with Gasteiger partial charge >= 0.3 is 0 Å². The molecule has 1 fully saturated rings. The Morgan fingerprint density at radius 3 is 2.92 bits per heavy atom. The van der Waals surface area contributed by atoms with Crippen molar-refractivity contribution in [3.63, 3.8) is 0 Å². The fraction of sp³-hybridized carbons (Fsp3) is 0.389. The van der Waals surface area contributed by atoms with Crippen molar-refractivity contribution >= 4 is 5.65 Å². The predicted molar refractivity (Wildman–Crippen MR) is 90.2 cm³/mol. The number of aromatic nitrogens is 4. The van der Waals surface area contributed by atoms with Crippen LogP contribution in [0.15, 0.2) is 49.2 Å². The molecule has 0 saturated carbocycles. The predicted octanol–water partition coefficient (Wildman–Crippen LogP) is 2.07. The normalized spacial score (nSPS) is 18.0. The van der Waals surface area contributed by atoms with Crippen LogP contribution in [-0.4, -0.2) is 42.7 Å². The number of likely N-dealkylation sites (tertiary alicyclic amines) is 1. The van der Waals surface area contributed by atoms with Crippen molar-refractivity contribution in [3.05, 3.63) is 60.3 Å². The molecule has 1 unspecified atom stereocenters. The summed E-state index contributed by atoms with van der Waals surface area (Å²) < 4.78 is 1.78. The highest BCUT2D eigenvalue weighted by molar-refractivity contribution is 5.39. The summed E-state index contributed by atoms with van der Waals surface area (Å²) in [7, 11) is 0. The van der Waals surface area contributed by atoms with E-state index < -0.39 is 6.10 Å². The molecule has 0 spiro atoms. The average Bonchev–Trinajstić information content (AvgIpc) is 3.10. The van der Waals surface area contributed by atoms with Crippen LogP contribution in [0.3, 0.4) is 0 Å². The van der Waals surface area contributed by atoms with E-state index in [1.807, 2.05) is 18.3 Å². The topological polar surface area (TPSA) is 66.6 Å². The highest BCUT2D eigenvalue weighted by atomic mass is 16.3. The summed E-state index contributed by atoms with van der Waals surface area (Å²) in [5.41, 5.74) is 3.06. The van der Waals surface area contributed by atoms with Gasteiger partial charge in [-0.3, -0.25) is 9.88 Å². The lowest BCUT2D eigenvalue weighted by Crippen LogP contribution is -2.35. The first-order valence-corrected chi connectivity index (χ1v) is 8.38. The van der Waals surface area contributed by atoms with Crippen molar-refractivity contribution in [2.45, 2.75) is 25.5 Å². The third-order valence-corrected chi connectivity index (χ3v) is 4.86. The quantitative estimate of drug-likeness (QED) is 0.796. The maximum atomic E-state index is 10.5. The number of hydrogen-bond donors (Lipinski definition) is 1. The highest BCUT2D eigenvalue weighted by Crippen LogP contribution is 2.30. The summed E-state index contributed by atoms with van der Waals surface area (Å²) in [6, 6.07) is 8.02. The standard InChI is InChI=1S/C18H21N5O/c24-18(16-2-1-6-19-11-16)15-4-7-22(8-5-15)12-14-3-9-23-17(10-14)20-13-21-23/h1-3,6,9-11,13,15,18,24H,4-5,7-8,12H2. The number of rotatable bonds is 4. The number of pyridine rings is 2. The Hall–Kier alpha value is -2.31. The third kappa shape index (κ3) is 3.16. The van der Waals surface area contributed by atoms with Crippen molar-refractivity contribution in [3.8, 4) is 0 Å². The van der Waals surface area contributed by atoms with Crippen molar-refractivity contribution in [1.29, 1.82) is 0 Å². The van der Waals surface area contributed by atoms with Gasteiger partial charge in [0, 0.05) is 25.1 Å². The zero-order valence-electron chi connectivity index (χ0n) is 13.5. The van der Waals surface area contributed by atoms with Gasteiger partial charge in [-0.1, -0.05) is 6.07 Å². The van der Waals surface area contributed by atoms with Gasteiger partial charge in [-0.25, -0.2) is 9.50 Å². The van der Waals surface area contributed by atoms with E-state index in [0.717, 1.165) is 43.7 Å². The first-order valence-electron chi connectivity index (χ1n) is 8.38. The van der Waals surface area contributed by atoms with Crippen molar-refractivity contribution in [2.75, 3.05) is 13.1 Å². The molecular weight excluding hydrogens is 302 g/mol. The van der Waals surface area contributed by atoms with Gasteiger partial charge < -0.3 is 5.11 Å². The van der Waals surface area contributed by atoms with E-state index in [4.69, 9.17) is 0 Å². The van der Waals surface area contributed by atoms with Crippen molar-refractivity contribution in [1.82, 2.24) is 24.5 Å². The third-order valence-electron chi connectivity index (χ3n) is 4.86. The van der Waals surface area contributed by atoms with E-state index in [0.29, 0.717) is 5.92 Å². The van der Waals surface area contributed by atoms with Gasteiger partial charge in [-0.15, -0.1) is 0 Å². The van der Waals surface area contributed by atoms with Gasteiger partial charge in [0.15, 0.2) is 5.65 Å². The number of nitrogens with zero attached hydrogens (tertiary/aromatic N) is 5. The molecule has 24 heavy (non-hydrogen) atoms. The maximum absolute atomic E-state index is 10.5. The smallest absolute Gasteiger partial charge is 0.155 e. The molecule has 0 bridgehead atoms. The zero-order chi connectivity index (χ0) is 16.4. The minimum atomic E-state index is -0.409. The Kier molecular flexibility index (Phi) is 4.23. The van der Waals surface area contributed by atoms with Gasteiger partial charge in [0.2, 0.25) is 0 Å². The molecule has 4 rings (SSSR count). The molecule has 3 aromatic heterocycles. The van der Waals surface area contributed by atoms with Crippen molar-refractivity contribution in [2.24, 2.45) is 5.92 Å². The highest BCUT2D eigenvalue weighted by Gasteiger charge is 2.26. The van der Waals surface area contributed by atoms with Crippen LogP contribution in [-0.2, 0) is 6.54 Å². The molecule has 1 aliphatic heterocycles. The van der Waals surface area contributed by atoms with Gasteiger partial charge in [-0.05, 0) is 61.2 Å². The Balaban J connectivity index is 1.35. The largest absolute Gasteiger partial charge is 0.388 e. The number of piperidine rings is 1. The molecule has 0 radical (unpaired) electrons. The summed E-state index contributed by atoms with van der Waals surface area (Å²) in [5.74, 6) is 0.310. The summed E-state index contributed by atoms with van der Waals surface area (Å²) in [5, 5.41) is 14.7. The second kappa shape index (κ2) is 6.67. The molecule has 1 saturated heterocycles. The van der Waals surface area contributed by atoms with Gasteiger partial charge in [-0.2, -0.15) is 5.10 Å². The number of aliphatic hydroxyl groups excluding tert-OH is 1. The van der Waals surface area contributed by atoms with E-state index >= 15 is 0 Å². The Morgan fingerprint density at radius 1 is 1.25 bits per heavy atom. The molecule has 4 heterocycles. The van der Waals surface area contributed by atoms with Gasteiger partial charge in [0.05, 0.1) is 6.10 Å². The number of aliphatic hydroxyl groups is 1. The van der Waals surface area contributed by atoms with Crippen LogP contribution in [0, 0.1) is 5.92 Å². The number of fused-ring (bicyclic) bond motifs is 1.